The second-order valence-corrected chi connectivity index (χ2v) is 4.98. The Morgan fingerprint density at radius 1 is 1.44 bits per heavy atom. The van der Waals surface area contributed by atoms with Crippen LogP contribution in [0.15, 0.2) is 12.1 Å². The highest BCUT2D eigenvalue weighted by atomic mass is 16.5. The lowest BCUT2D eigenvalue weighted by Gasteiger charge is -2.16. The lowest BCUT2D eigenvalue weighted by molar-refractivity contribution is 0.418. The van der Waals surface area contributed by atoms with Gasteiger partial charge in [-0.3, -0.25) is 0 Å². The first-order chi connectivity index (χ1) is 8.74. The van der Waals surface area contributed by atoms with E-state index in [9.17, 15) is 5.26 Å². The molecule has 1 N–H and O–H groups in total. The molecule has 92 valence electrons. The minimum atomic E-state index is 0.0222. The summed E-state index contributed by atoms with van der Waals surface area (Å²) < 4.78 is 5.44. The zero-order valence-corrected chi connectivity index (χ0v) is 10.7. The monoisotopic (exact) mass is 240 g/mol. The van der Waals surface area contributed by atoms with Crippen LogP contribution in [0.5, 0.6) is 5.75 Å². The van der Waals surface area contributed by atoms with Gasteiger partial charge in [-0.2, -0.15) is 5.26 Å². The van der Waals surface area contributed by atoms with E-state index in [2.05, 4.69) is 24.0 Å². The summed E-state index contributed by atoms with van der Waals surface area (Å²) in [5.41, 5.74) is 4.62. The van der Waals surface area contributed by atoms with Gasteiger partial charge in [0, 0.05) is 11.1 Å². The number of hydrogen-bond donors (Lipinski definition) is 1. The van der Waals surface area contributed by atoms with E-state index in [-0.39, 0.29) is 5.92 Å². The van der Waals surface area contributed by atoms with Crippen molar-refractivity contribution in [2.45, 2.75) is 32.1 Å². The van der Waals surface area contributed by atoms with Gasteiger partial charge >= 0.3 is 0 Å². The van der Waals surface area contributed by atoms with E-state index in [0.29, 0.717) is 0 Å². The topological polar surface area (TPSA) is 48.8 Å². The van der Waals surface area contributed by atoms with Crippen LogP contribution in [0.2, 0.25) is 0 Å². The number of nitrogens with zero attached hydrogens (tertiary/aromatic N) is 1. The van der Waals surface area contributed by atoms with E-state index in [1.54, 1.807) is 7.11 Å². The molecular weight excluding hydrogens is 224 g/mol. The summed E-state index contributed by atoms with van der Waals surface area (Å²) in [5, 5.41) is 10.5. The lowest BCUT2D eigenvalue weighted by Crippen LogP contribution is -2.06. The maximum Gasteiger partial charge on any atom is 0.143 e. The molecule has 1 aromatic heterocycles. The molecule has 1 aliphatic rings. The maximum absolute atomic E-state index is 9.32. The average molecular weight is 240 g/mol. The van der Waals surface area contributed by atoms with E-state index in [0.717, 1.165) is 35.9 Å². The summed E-state index contributed by atoms with van der Waals surface area (Å²) in [5.74, 6) is 0.894. The van der Waals surface area contributed by atoms with Crippen molar-refractivity contribution in [3.63, 3.8) is 0 Å². The van der Waals surface area contributed by atoms with Crippen LogP contribution in [0.25, 0.3) is 10.9 Å². The highest BCUT2D eigenvalue weighted by Crippen LogP contribution is 2.39. The molecule has 3 heteroatoms. The molecule has 1 atom stereocenters. The van der Waals surface area contributed by atoms with Gasteiger partial charge in [-0.05, 0) is 49.4 Å². The first-order valence-corrected chi connectivity index (χ1v) is 6.33. The van der Waals surface area contributed by atoms with Crippen LogP contribution in [0.4, 0.5) is 0 Å². The highest BCUT2D eigenvalue weighted by Gasteiger charge is 2.25. The van der Waals surface area contributed by atoms with E-state index < -0.39 is 0 Å². The van der Waals surface area contributed by atoms with Crippen LogP contribution in [0, 0.1) is 18.3 Å². The molecule has 0 aliphatic heterocycles. The van der Waals surface area contributed by atoms with Crippen molar-refractivity contribution in [3.8, 4) is 11.8 Å². The van der Waals surface area contributed by atoms with Crippen molar-refractivity contribution in [2.75, 3.05) is 7.11 Å². The molecule has 1 aromatic carbocycles. The van der Waals surface area contributed by atoms with Gasteiger partial charge in [-0.25, -0.2) is 0 Å². The molecule has 0 amide bonds. The zero-order valence-electron chi connectivity index (χ0n) is 10.7. The number of aryl methyl sites for hydroxylation is 2. The Kier molecular flexibility index (Phi) is 2.52. The zero-order chi connectivity index (χ0) is 12.7. The number of hydrogen-bond acceptors (Lipinski definition) is 2. The first kappa shape index (κ1) is 11.2. The summed E-state index contributed by atoms with van der Waals surface area (Å²) in [6.07, 6.45) is 3.08. The normalized spacial score (nSPS) is 18.4. The summed E-state index contributed by atoms with van der Waals surface area (Å²) in [7, 11) is 1.69. The second kappa shape index (κ2) is 4.06. The number of rotatable bonds is 1. The minimum absolute atomic E-state index is 0.0222. The second-order valence-electron chi connectivity index (χ2n) is 4.98. The number of aromatic amines is 1. The lowest BCUT2D eigenvalue weighted by atomic mass is 9.86. The molecule has 0 bridgehead atoms. The molecular formula is C15H16N2O. The molecule has 3 rings (SSSR count). The third-order valence-electron chi connectivity index (χ3n) is 3.78. The number of aromatic nitrogens is 1. The Bertz CT molecular complexity index is 649. The largest absolute Gasteiger partial charge is 0.495 e. The number of benzene rings is 1. The van der Waals surface area contributed by atoms with Crippen LogP contribution >= 0.6 is 0 Å². The Morgan fingerprint density at radius 2 is 2.28 bits per heavy atom. The van der Waals surface area contributed by atoms with E-state index in [4.69, 9.17) is 4.74 Å². The van der Waals surface area contributed by atoms with Gasteiger partial charge in [0.25, 0.3) is 0 Å². The van der Waals surface area contributed by atoms with Crippen molar-refractivity contribution in [1.82, 2.24) is 4.98 Å². The quantitative estimate of drug-likeness (QED) is 0.830. The standard InChI is InChI=1S/C15H16N2O/c1-9-6-11-14-10(8-16)4-3-5-12(14)17-15(11)13(7-9)18-2/h6-7,10,17H,3-5H2,1-2H3. The van der Waals surface area contributed by atoms with Crippen molar-refractivity contribution in [3.05, 3.63) is 29.0 Å². The molecule has 1 unspecified atom stereocenters. The molecule has 2 aromatic rings. The Hall–Kier alpha value is -1.95. The SMILES string of the molecule is COc1cc(C)cc2c3c([nH]c12)CCCC3C#N. The minimum Gasteiger partial charge on any atom is -0.495 e. The summed E-state index contributed by atoms with van der Waals surface area (Å²) in [6.45, 7) is 2.06. The molecule has 0 saturated heterocycles. The van der Waals surface area contributed by atoms with Crippen molar-refractivity contribution < 1.29 is 4.74 Å². The van der Waals surface area contributed by atoms with Crippen molar-refractivity contribution >= 4 is 10.9 Å². The van der Waals surface area contributed by atoms with Gasteiger partial charge in [0.2, 0.25) is 0 Å². The van der Waals surface area contributed by atoms with Gasteiger partial charge in [-0.1, -0.05) is 0 Å². The number of nitrogens with one attached hydrogen (secondary N) is 1. The van der Waals surface area contributed by atoms with Gasteiger partial charge in [0.15, 0.2) is 0 Å². The fraction of sp³-hybridized carbons (Fsp3) is 0.400. The first-order valence-electron chi connectivity index (χ1n) is 6.33. The predicted molar refractivity (Wildman–Crippen MR) is 70.9 cm³/mol. The molecule has 0 fully saturated rings. The average Bonchev–Trinajstić information content (AvgIpc) is 2.76. The summed E-state index contributed by atoms with van der Waals surface area (Å²) in [4.78, 5) is 3.45. The Labute approximate surface area is 106 Å². The smallest absolute Gasteiger partial charge is 0.143 e. The van der Waals surface area contributed by atoms with Crippen molar-refractivity contribution in [1.29, 1.82) is 5.26 Å². The van der Waals surface area contributed by atoms with Gasteiger partial charge in [0.05, 0.1) is 24.6 Å². The van der Waals surface area contributed by atoms with Crippen LogP contribution < -0.4 is 4.74 Å². The highest BCUT2D eigenvalue weighted by molar-refractivity contribution is 5.91. The third kappa shape index (κ3) is 1.49. The number of methoxy groups -OCH3 is 1. The summed E-state index contributed by atoms with van der Waals surface area (Å²) in [6, 6.07) is 6.62. The number of H-pyrrole nitrogens is 1. The summed E-state index contributed by atoms with van der Waals surface area (Å²) >= 11 is 0. The fourth-order valence-electron chi connectivity index (χ4n) is 2.99. The van der Waals surface area contributed by atoms with Crippen molar-refractivity contribution in [2.24, 2.45) is 0 Å². The van der Waals surface area contributed by atoms with Gasteiger partial charge in [0.1, 0.15) is 5.75 Å². The van der Waals surface area contributed by atoms with E-state index in [1.807, 2.05) is 6.07 Å². The maximum atomic E-state index is 9.32. The number of ether oxygens (including phenoxy) is 1. The van der Waals surface area contributed by atoms with Gasteiger partial charge in [-0.15, -0.1) is 0 Å². The molecule has 18 heavy (non-hydrogen) atoms. The molecule has 3 nitrogen and oxygen atoms in total. The molecule has 1 aliphatic carbocycles. The van der Waals surface area contributed by atoms with Crippen LogP contribution in [0.3, 0.4) is 0 Å². The molecule has 0 radical (unpaired) electrons. The predicted octanol–water partition coefficient (Wildman–Crippen LogP) is 3.43. The van der Waals surface area contributed by atoms with E-state index in [1.165, 1.54) is 16.8 Å². The third-order valence-corrected chi connectivity index (χ3v) is 3.78. The van der Waals surface area contributed by atoms with Gasteiger partial charge < -0.3 is 9.72 Å². The number of fused-ring (bicyclic) bond motifs is 3. The molecule has 1 heterocycles. The van der Waals surface area contributed by atoms with Crippen LogP contribution in [-0.4, -0.2) is 12.1 Å². The van der Waals surface area contributed by atoms with Crippen LogP contribution in [0.1, 0.15) is 35.6 Å². The van der Waals surface area contributed by atoms with E-state index >= 15 is 0 Å². The van der Waals surface area contributed by atoms with Crippen LogP contribution in [-0.2, 0) is 6.42 Å². The molecule has 0 spiro atoms. The number of nitriles is 1. The fourth-order valence-corrected chi connectivity index (χ4v) is 2.99. The Morgan fingerprint density at radius 3 is 3.00 bits per heavy atom. The molecule has 0 saturated carbocycles. The Balaban J connectivity index is 2.35.